The molecule has 0 aromatic carbocycles. The molecule has 1 heterocycles. The zero-order valence-corrected chi connectivity index (χ0v) is 8.02. The van der Waals surface area contributed by atoms with Gasteiger partial charge in [-0.15, -0.1) is 12.3 Å². The van der Waals surface area contributed by atoms with Crippen molar-refractivity contribution in [2.45, 2.75) is 26.8 Å². The van der Waals surface area contributed by atoms with E-state index in [1.807, 2.05) is 18.5 Å². The highest BCUT2D eigenvalue weighted by molar-refractivity contribution is 6.31. The molecule has 0 atom stereocenters. The Labute approximate surface area is 77.5 Å². The molecule has 2 nitrogen and oxygen atoms in total. The fraction of sp³-hybridized carbons (Fsp3) is 0.444. The van der Waals surface area contributed by atoms with E-state index in [0.29, 0.717) is 6.42 Å². The van der Waals surface area contributed by atoms with Gasteiger partial charge in [-0.05, 0) is 13.8 Å². The van der Waals surface area contributed by atoms with Crippen LogP contribution in [0.25, 0.3) is 0 Å². The molecule has 0 radical (unpaired) electrons. The topological polar surface area (TPSA) is 17.8 Å². The Hall–Kier alpha value is -0.940. The maximum atomic E-state index is 5.94. The molecule has 1 aromatic heterocycles. The SMILES string of the molecule is C#CCCn1nc(C)c(Cl)c1C. The van der Waals surface area contributed by atoms with Crippen molar-refractivity contribution >= 4 is 11.6 Å². The Bertz CT molecular complexity index is 320. The van der Waals surface area contributed by atoms with Crippen LogP contribution in [-0.4, -0.2) is 9.78 Å². The lowest BCUT2D eigenvalue weighted by Gasteiger charge is -1.99. The van der Waals surface area contributed by atoms with Crippen molar-refractivity contribution in [2.24, 2.45) is 0 Å². The molecule has 12 heavy (non-hydrogen) atoms. The van der Waals surface area contributed by atoms with Crippen molar-refractivity contribution < 1.29 is 0 Å². The summed E-state index contributed by atoms with van der Waals surface area (Å²) in [4.78, 5) is 0. The van der Waals surface area contributed by atoms with Crippen LogP contribution in [0.3, 0.4) is 0 Å². The molecule has 1 rings (SSSR count). The van der Waals surface area contributed by atoms with Gasteiger partial charge in [0.05, 0.1) is 23.0 Å². The lowest BCUT2D eigenvalue weighted by atomic mass is 10.4. The minimum atomic E-state index is 0.693. The lowest BCUT2D eigenvalue weighted by molar-refractivity contribution is 0.608. The van der Waals surface area contributed by atoms with E-state index < -0.39 is 0 Å². The van der Waals surface area contributed by atoms with Crippen LogP contribution in [-0.2, 0) is 6.54 Å². The normalized spacial score (nSPS) is 9.83. The van der Waals surface area contributed by atoms with Crippen LogP contribution in [0.5, 0.6) is 0 Å². The lowest BCUT2D eigenvalue weighted by Crippen LogP contribution is -2.01. The van der Waals surface area contributed by atoms with E-state index in [2.05, 4.69) is 11.0 Å². The van der Waals surface area contributed by atoms with Gasteiger partial charge in [-0.2, -0.15) is 5.10 Å². The van der Waals surface area contributed by atoms with E-state index in [9.17, 15) is 0 Å². The van der Waals surface area contributed by atoms with Gasteiger partial charge in [0.15, 0.2) is 0 Å². The highest BCUT2D eigenvalue weighted by atomic mass is 35.5. The van der Waals surface area contributed by atoms with Crippen molar-refractivity contribution in [3.8, 4) is 12.3 Å². The first-order valence-electron chi connectivity index (χ1n) is 3.79. The molecule has 0 saturated heterocycles. The summed E-state index contributed by atoms with van der Waals surface area (Å²) in [6.45, 7) is 4.58. The van der Waals surface area contributed by atoms with E-state index in [-0.39, 0.29) is 0 Å². The molecule has 0 unspecified atom stereocenters. The molecular weight excluding hydrogens is 172 g/mol. The van der Waals surface area contributed by atoms with Crippen LogP contribution < -0.4 is 0 Å². The molecule has 1 aromatic rings. The summed E-state index contributed by atoms with van der Waals surface area (Å²) in [6.07, 6.45) is 5.84. The predicted octanol–water partition coefficient (Wildman–Crippen LogP) is 2.18. The largest absolute Gasteiger partial charge is 0.267 e. The summed E-state index contributed by atoms with van der Waals surface area (Å²) in [5, 5.41) is 4.98. The Balaban J connectivity index is 2.87. The Kier molecular flexibility index (Phi) is 2.78. The third-order valence-electron chi connectivity index (χ3n) is 1.76. The highest BCUT2D eigenvalue weighted by Gasteiger charge is 2.07. The molecule has 0 N–H and O–H groups in total. The maximum absolute atomic E-state index is 5.94. The van der Waals surface area contributed by atoms with Crippen LogP contribution in [0.1, 0.15) is 17.8 Å². The number of nitrogens with zero attached hydrogens (tertiary/aromatic N) is 2. The minimum Gasteiger partial charge on any atom is -0.267 e. The zero-order chi connectivity index (χ0) is 9.14. The molecule has 0 amide bonds. The number of aryl methyl sites for hydroxylation is 2. The van der Waals surface area contributed by atoms with E-state index in [4.69, 9.17) is 18.0 Å². The molecule has 0 aliphatic heterocycles. The molecule has 64 valence electrons. The van der Waals surface area contributed by atoms with Crippen LogP contribution in [0.4, 0.5) is 0 Å². The summed E-state index contributed by atoms with van der Waals surface area (Å²) in [7, 11) is 0. The Morgan fingerprint density at radius 3 is 2.67 bits per heavy atom. The van der Waals surface area contributed by atoms with Crippen LogP contribution >= 0.6 is 11.6 Å². The second kappa shape index (κ2) is 3.64. The zero-order valence-electron chi connectivity index (χ0n) is 7.26. The molecule has 3 heteroatoms. The quantitative estimate of drug-likeness (QED) is 0.642. The van der Waals surface area contributed by atoms with Gasteiger partial charge in [-0.25, -0.2) is 0 Å². The first kappa shape index (κ1) is 9.15. The molecule has 0 bridgehead atoms. The summed E-state index contributed by atoms with van der Waals surface area (Å²) in [5.74, 6) is 2.57. The first-order valence-corrected chi connectivity index (χ1v) is 4.17. The van der Waals surface area contributed by atoms with E-state index in [1.54, 1.807) is 0 Å². The van der Waals surface area contributed by atoms with Crippen LogP contribution in [0.15, 0.2) is 0 Å². The van der Waals surface area contributed by atoms with Crippen LogP contribution in [0, 0.1) is 26.2 Å². The van der Waals surface area contributed by atoms with Crippen molar-refractivity contribution in [1.82, 2.24) is 9.78 Å². The van der Waals surface area contributed by atoms with E-state index in [1.165, 1.54) is 0 Å². The van der Waals surface area contributed by atoms with Crippen molar-refractivity contribution in [1.29, 1.82) is 0 Å². The fourth-order valence-corrected chi connectivity index (χ4v) is 1.20. The third-order valence-corrected chi connectivity index (χ3v) is 2.31. The van der Waals surface area contributed by atoms with Gasteiger partial charge in [0.2, 0.25) is 0 Å². The number of aromatic nitrogens is 2. The smallest absolute Gasteiger partial charge is 0.0844 e. The number of halogens is 1. The number of terminal acetylenes is 1. The first-order chi connectivity index (χ1) is 5.66. The van der Waals surface area contributed by atoms with Gasteiger partial charge < -0.3 is 0 Å². The van der Waals surface area contributed by atoms with E-state index >= 15 is 0 Å². The standard InChI is InChI=1S/C9H11ClN2/c1-4-5-6-12-8(3)9(10)7(2)11-12/h1H,5-6H2,2-3H3. The summed E-state index contributed by atoms with van der Waals surface area (Å²) in [5.41, 5.74) is 1.86. The van der Waals surface area contributed by atoms with Crippen molar-refractivity contribution in [3.05, 3.63) is 16.4 Å². The average molecular weight is 183 g/mol. The van der Waals surface area contributed by atoms with E-state index in [0.717, 1.165) is 23.0 Å². The fourth-order valence-electron chi connectivity index (χ4n) is 1.06. The number of hydrogen-bond donors (Lipinski definition) is 0. The summed E-state index contributed by atoms with van der Waals surface area (Å²) < 4.78 is 1.84. The van der Waals surface area contributed by atoms with Crippen molar-refractivity contribution in [3.63, 3.8) is 0 Å². The average Bonchev–Trinajstić information content (AvgIpc) is 2.30. The number of hydrogen-bond acceptors (Lipinski definition) is 1. The molecule has 0 aliphatic rings. The van der Waals surface area contributed by atoms with Gasteiger partial charge in [0.25, 0.3) is 0 Å². The third kappa shape index (κ3) is 1.62. The van der Waals surface area contributed by atoms with Gasteiger partial charge in [-0.3, -0.25) is 4.68 Å². The second-order valence-electron chi connectivity index (χ2n) is 2.66. The van der Waals surface area contributed by atoms with Gasteiger partial charge in [0, 0.05) is 6.42 Å². The number of rotatable bonds is 2. The van der Waals surface area contributed by atoms with Gasteiger partial charge in [0.1, 0.15) is 0 Å². The highest BCUT2D eigenvalue weighted by Crippen LogP contribution is 2.18. The van der Waals surface area contributed by atoms with Gasteiger partial charge in [-0.1, -0.05) is 11.6 Å². The van der Waals surface area contributed by atoms with Crippen molar-refractivity contribution in [2.75, 3.05) is 0 Å². The maximum Gasteiger partial charge on any atom is 0.0844 e. The molecular formula is C9H11ClN2. The molecule has 0 spiro atoms. The predicted molar refractivity (Wildman–Crippen MR) is 50.2 cm³/mol. The van der Waals surface area contributed by atoms with Crippen LogP contribution in [0.2, 0.25) is 5.02 Å². The Morgan fingerprint density at radius 2 is 2.25 bits per heavy atom. The minimum absolute atomic E-state index is 0.693. The molecule has 0 fully saturated rings. The Morgan fingerprint density at radius 1 is 1.58 bits per heavy atom. The van der Waals surface area contributed by atoms with Gasteiger partial charge >= 0.3 is 0 Å². The summed E-state index contributed by atoms with van der Waals surface area (Å²) >= 11 is 5.94. The summed E-state index contributed by atoms with van der Waals surface area (Å²) in [6, 6.07) is 0. The second-order valence-corrected chi connectivity index (χ2v) is 3.04. The molecule has 0 aliphatic carbocycles. The monoisotopic (exact) mass is 182 g/mol. The molecule has 0 saturated carbocycles.